The van der Waals surface area contributed by atoms with Gasteiger partial charge in [0.1, 0.15) is 0 Å². The van der Waals surface area contributed by atoms with Gasteiger partial charge in [-0.3, -0.25) is 0 Å². The summed E-state index contributed by atoms with van der Waals surface area (Å²) in [5, 5.41) is 23.0. The van der Waals surface area contributed by atoms with E-state index < -0.39 is 0 Å². The Labute approximate surface area is 101 Å². The lowest BCUT2D eigenvalue weighted by molar-refractivity contribution is 0.902. The van der Waals surface area contributed by atoms with Crippen LogP contribution in [0.2, 0.25) is 5.15 Å². The van der Waals surface area contributed by atoms with Crippen molar-refractivity contribution in [3.8, 4) is 11.5 Å². The Kier molecular flexibility index (Phi) is 2.08. The summed E-state index contributed by atoms with van der Waals surface area (Å²) in [7, 11) is 0. The second kappa shape index (κ2) is 3.49. The molecule has 0 aliphatic rings. The number of hydrogen-bond donors (Lipinski definition) is 1. The monoisotopic (exact) mass is 249 g/mol. The number of fused-ring (bicyclic) bond motifs is 1. The number of aryl methyl sites for hydroxylation is 1. The SMILES string of the molecule is Cc1c(Cl)nn2c(-c3cn[nH]n3)nnc2c1C. The zero-order valence-electron chi connectivity index (χ0n) is 9.14. The van der Waals surface area contributed by atoms with E-state index in [1.54, 1.807) is 10.7 Å². The summed E-state index contributed by atoms with van der Waals surface area (Å²) in [4.78, 5) is 0. The van der Waals surface area contributed by atoms with Crippen LogP contribution in [0.25, 0.3) is 17.2 Å². The van der Waals surface area contributed by atoms with Gasteiger partial charge in [0.2, 0.25) is 5.82 Å². The van der Waals surface area contributed by atoms with E-state index >= 15 is 0 Å². The minimum absolute atomic E-state index is 0.430. The van der Waals surface area contributed by atoms with E-state index in [0.29, 0.717) is 22.3 Å². The number of halogens is 1. The number of nitrogens with one attached hydrogen (secondary N) is 1. The van der Waals surface area contributed by atoms with Crippen molar-refractivity contribution in [3.63, 3.8) is 0 Å². The summed E-state index contributed by atoms with van der Waals surface area (Å²) in [6, 6.07) is 0. The number of aromatic nitrogens is 7. The van der Waals surface area contributed by atoms with Crippen molar-refractivity contribution in [1.82, 2.24) is 35.2 Å². The van der Waals surface area contributed by atoms with Crippen molar-refractivity contribution in [1.29, 1.82) is 0 Å². The lowest BCUT2D eigenvalue weighted by Gasteiger charge is -2.03. The van der Waals surface area contributed by atoms with Crippen LogP contribution in [0.5, 0.6) is 0 Å². The number of hydrogen-bond acceptors (Lipinski definition) is 5. The standard InChI is InChI=1S/C9H8ClN7/c1-4-5(2)8-13-14-9(6-3-11-16-12-6)17(8)15-7(4)10/h3H,1-2H3,(H,11,12,16). The molecule has 3 heterocycles. The van der Waals surface area contributed by atoms with Gasteiger partial charge in [0.25, 0.3) is 0 Å². The molecule has 0 aliphatic heterocycles. The molecule has 0 amide bonds. The third-order valence-corrected chi connectivity index (χ3v) is 3.04. The van der Waals surface area contributed by atoms with Gasteiger partial charge in [0.05, 0.1) is 6.20 Å². The molecular formula is C9H8ClN7. The Morgan fingerprint density at radius 2 is 2.06 bits per heavy atom. The van der Waals surface area contributed by atoms with Crippen molar-refractivity contribution < 1.29 is 0 Å². The van der Waals surface area contributed by atoms with Crippen molar-refractivity contribution in [2.45, 2.75) is 13.8 Å². The minimum Gasteiger partial charge on any atom is -0.197 e. The first kappa shape index (κ1) is 10.2. The zero-order valence-corrected chi connectivity index (χ0v) is 9.89. The van der Waals surface area contributed by atoms with Crippen LogP contribution >= 0.6 is 11.6 Å². The van der Waals surface area contributed by atoms with Gasteiger partial charge in [-0.1, -0.05) is 11.6 Å². The molecule has 0 radical (unpaired) electrons. The zero-order chi connectivity index (χ0) is 12.0. The second-order valence-corrected chi connectivity index (χ2v) is 4.01. The summed E-state index contributed by atoms with van der Waals surface area (Å²) >= 11 is 6.05. The van der Waals surface area contributed by atoms with Crippen molar-refractivity contribution >= 4 is 17.2 Å². The van der Waals surface area contributed by atoms with E-state index in [2.05, 4.69) is 30.7 Å². The van der Waals surface area contributed by atoms with E-state index in [0.717, 1.165) is 11.1 Å². The van der Waals surface area contributed by atoms with Crippen LogP contribution in [0.15, 0.2) is 6.20 Å². The minimum atomic E-state index is 0.430. The Bertz CT molecular complexity index is 685. The summed E-state index contributed by atoms with van der Waals surface area (Å²) in [6.45, 7) is 3.83. The van der Waals surface area contributed by atoms with Crippen molar-refractivity contribution in [2.75, 3.05) is 0 Å². The summed E-state index contributed by atoms with van der Waals surface area (Å²) in [5.41, 5.74) is 3.10. The molecule has 86 valence electrons. The lowest BCUT2D eigenvalue weighted by atomic mass is 10.2. The van der Waals surface area contributed by atoms with Crippen LogP contribution in [0.3, 0.4) is 0 Å². The Morgan fingerprint density at radius 1 is 1.24 bits per heavy atom. The number of rotatable bonds is 1. The van der Waals surface area contributed by atoms with Crippen LogP contribution in [0.1, 0.15) is 11.1 Å². The third kappa shape index (κ3) is 1.39. The molecule has 17 heavy (non-hydrogen) atoms. The second-order valence-electron chi connectivity index (χ2n) is 3.66. The van der Waals surface area contributed by atoms with Crippen LogP contribution in [0, 0.1) is 13.8 Å². The van der Waals surface area contributed by atoms with Crippen LogP contribution in [-0.2, 0) is 0 Å². The average Bonchev–Trinajstić information content (AvgIpc) is 2.93. The molecule has 0 spiro atoms. The van der Waals surface area contributed by atoms with E-state index in [1.807, 2.05) is 13.8 Å². The highest BCUT2D eigenvalue weighted by atomic mass is 35.5. The summed E-state index contributed by atoms with van der Waals surface area (Å²) in [6.07, 6.45) is 1.56. The van der Waals surface area contributed by atoms with Gasteiger partial charge in [-0.25, -0.2) is 0 Å². The smallest absolute Gasteiger partial charge is 0.197 e. The van der Waals surface area contributed by atoms with Crippen molar-refractivity contribution in [3.05, 3.63) is 22.5 Å². The molecule has 0 bridgehead atoms. The molecule has 3 aromatic rings. The van der Waals surface area contributed by atoms with E-state index in [-0.39, 0.29) is 0 Å². The fourth-order valence-corrected chi connectivity index (χ4v) is 1.78. The molecular weight excluding hydrogens is 242 g/mol. The largest absolute Gasteiger partial charge is 0.207 e. The van der Waals surface area contributed by atoms with Gasteiger partial charge in [-0.2, -0.15) is 25.0 Å². The fourth-order valence-electron chi connectivity index (χ4n) is 1.56. The van der Waals surface area contributed by atoms with Crippen molar-refractivity contribution in [2.24, 2.45) is 0 Å². The maximum atomic E-state index is 6.05. The van der Waals surface area contributed by atoms with Gasteiger partial charge in [-0.15, -0.1) is 10.2 Å². The predicted molar refractivity (Wildman–Crippen MR) is 60.6 cm³/mol. The van der Waals surface area contributed by atoms with E-state index in [9.17, 15) is 0 Å². The first-order valence-electron chi connectivity index (χ1n) is 4.92. The average molecular weight is 250 g/mol. The topological polar surface area (TPSA) is 84.7 Å². The molecule has 0 atom stereocenters. The molecule has 0 fully saturated rings. The Morgan fingerprint density at radius 3 is 2.76 bits per heavy atom. The number of nitrogens with zero attached hydrogens (tertiary/aromatic N) is 6. The van der Waals surface area contributed by atoms with Gasteiger partial charge >= 0.3 is 0 Å². The van der Waals surface area contributed by atoms with Gasteiger partial charge in [0.15, 0.2) is 16.5 Å². The fraction of sp³-hybridized carbons (Fsp3) is 0.222. The lowest BCUT2D eigenvalue weighted by Crippen LogP contribution is -2.00. The highest BCUT2D eigenvalue weighted by Crippen LogP contribution is 2.22. The molecule has 0 aromatic carbocycles. The van der Waals surface area contributed by atoms with Crippen LogP contribution < -0.4 is 0 Å². The first-order valence-corrected chi connectivity index (χ1v) is 5.30. The Hall–Kier alpha value is -2.02. The first-order chi connectivity index (χ1) is 8.18. The molecule has 0 aliphatic carbocycles. The van der Waals surface area contributed by atoms with Crippen LogP contribution in [-0.4, -0.2) is 35.2 Å². The molecule has 7 nitrogen and oxygen atoms in total. The third-order valence-electron chi connectivity index (χ3n) is 2.68. The Balaban J connectivity index is 2.37. The maximum absolute atomic E-state index is 6.05. The van der Waals surface area contributed by atoms with E-state index in [1.165, 1.54) is 0 Å². The highest BCUT2D eigenvalue weighted by Gasteiger charge is 2.16. The normalized spacial score (nSPS) is 11.2. The highest BCUT2D eigenvalue weighted by molar-refractivity contribution is 6.30. The van der Waals surface area contributed by atoms with Gasteiger partial charge < -0.3 is 0 Å². The molecule has 0 unspecified atom stereocenters. The quantitative estimate of drug-likeness (QED) is 0.700. The maximum Gasteiger partial charge on any atom is 0.207 e. The molecule has 0 saturated carbocycles. The van der Waals surface area contributed by atoms with Gasteiger partial charge in [0, 0.05) is 5.56 Å². The summed E-state index contributed by atoms with van der Waals surface area (Å²) in [5.74, 6) is 0.513. The number of aromatic amines is 1. The number of H-pyrrole nitrogens is 1. The molecule has 1 N–H and O–H groups in total. The molecule has 3 rings (SSSR count). The molecule has 3 aromatic heterocycles. The van der Waals surface area contributed by atoms with Gasteiger partial charge in [-0.05, 0) is 19.4 Å². The predicted octanol–water partition coefficient (Wildman–Crippen LogP) is 1.18. The molecule has 8 heteroatoms. The summed E-state index contributed by atoms with van der Waals surface area (Å²) < 4.78 is 1.57. The molecule has 0 saturated heterocycles. The van der Waals surface area contributed by atoms with Crippen LogP contribution in [0.4, 0.5) is 0 Å². The van der Waals surface area contributed by atoms with E-state index in [4.69, 9.17) is 11.6 Å².